The van der Waals surface area contributed by atoms with Crippen LogP contribution in [0.2, 0.25) is 5.28 Å². The lowest BCUT2D eigenvalue weighted by Crippen LogP contribution is -1.86. The minimum atomic E-state index is 0.212. The second-order valence-electron chi connectivity index (χ2n) is 1.29. The molecule has 0 bridgehead atoms. The number of H-pyrrole nitrogens is 2. The number of nitrogens with one attached hydrogen (secondary N) is 2. The number of halogens is 1. The molecule has 3 nitrogen and oxygen atoms in total. The minimum Gasteiger partial charge on any atom is -0.308 e. The van der Waals surface area contributed by atoms with Crippen LogP contribution in [0.15, 0.2) is 0 Å². The average molecular weight is 180 g/mol. The van der Waals surface area contributed by atoms with Gasteiger partial charge in [-0.2, -0.15) is 4.98 Å². The fourth-order valence-corrected chi connectivity index (χ4v) is 1.10. The molecule has 0 unspecified atom stereocenters. The standard InChI is InChI=1S/C3H2ClN3S2/c4-1-5-2(8)7-3(9)6-1/h(H2,5,6,7,8,9). The Morgan fingerprint density at radius 3 is 2.44 bits per heavy atom. The Balaban J connectivity index is 3.52. The van der Waals surface area contributed by atoms with E-state index in [0.717, 1.165) is 0 Å². The Hall–Kier alpha value is -0.260. The first-order valence-electron chi connectivity index (χ1n) is 2.04. The molecule has 0 fully saturated rings. The summed E-state index contributed by atoms with van der Waals surface area (Å²) in [6.45, 7) is 0. The molecule has 0 spiro atoms. The summed E-state index contributed by atoms with van der Waals surface area (Å²) in [5.74, 6) is 0. The molecule has 6 heteroatoms. The summed E-state index contributed by atoms with van der Waals surface area (Å²) >= 11 is 14.8. The normalized spacial score (nSPS) is 9.44. The molecule has 48 valence electrons. The van der Waals surface area contributed by atoms with Crippen molar-refractivity contribution in [3.63, 3.8) is 0 Å². The molecule has 0 radical (unpaired) electrons. The van der Waals surface area contributed by atoms with E-state index < -0.39 is 0 Å². The number of nitrogens with zero attached hydrogens (tertiary/aromatic N) is 1. The molecular weight excluding hydrogens is 178 g/mol. The van der Waals surface area contributed by atoms with Crippen molar-refractivity contribution in [3.05, 3.63) is 14.8 Å². The Morgan fingerprint density at radius 2 is 2.00 bits per heavy atom. The third-order valence-corrected chi connectivity index (χ3v) is 1.21. The summed E-state index contributed by atoms with van der Waals surface area (Å²) in [7, 11) is 0. The summed E-state index contributed by atoms with van der Waals surface area (Å²) in [6.07, 6.45) is 0. The summed E-state index contributed by atoms with van der Waals surface area (Å²) in [6, 6.07) is 0. The summed E-state index contributed by atoms with van der Waals surface area (Å²) in [5.41, 5.74) is 0. The van der Waals surface area contributed by atoms with Crippen molar-refractivity contribution in [1.82, 2.24) is 15.0 Å². The molecule has 0 atom stereocenters. The fraction of sp³-hybridized carbons (Fsp3) is 0. The van der Waals surface area contributed by atoms with Crippen LogP contribution < -0.4 is 0 Å². The molecule has 1 rings (SSSR count). The zero-order valence-electron chi connectivity index (χ0n) is 4.14. The molecule has 0 saturated heterocycles. The Kier molecular flexibility index (Phi) is 1.94. The van der Waals surface area contributed by atoms with Crippen LogP contribution in [-0.2, 0) is 0 Å². The van der Waals surface area contributed by atoms with E-state index in [4.69, 9.17) is 11.6 Å². The number of aromatic nitrogens is 3. The molecular formula is C3H2ClN3S2. The lowest BCUT2D eigenvalue weighted by molar-refractivity contribution is 1.00. The molecule has 0 aliphatic rings. The Bertz CT molecular complexity index is 285. The van der Waals surface area contributed by atoms with Crippen LogP contribution in [0.5, 0.6) is 0 Å². The summed E-state index contributed by atoms with van der Waals surface area (Å²) in [4.78, 5) is 8.78. The average Bonchev–Trinajstić information content (AvgIpc) is 1.59. The van der Waals surface area contributed by atoms with Gasteiger partial charge in [-0.3, -0.25) is 0 Å². The highest BCUT2D eigenvalue weighted by Gasteiger charge is 1.84. The SMILES string of the molecule is S=c1nc(Cl)[nH]c(=S)[nH]1. The molecule has 0 aromatic carbocycles. The van der Waals surface area contributed by atoms with Gasteiger partial charge in [0.15, 0.2) is 4.77 Å². The first kappa shape index (κ1) is 6.85. The van der Waals surface area contributed by atoms with Gasteiger partial charge in [0.05, 0.1) is 0 Å². The van der Waals surface area contributed by atoms with E-state index in [-0.39, 0.29) is 5.28 Å². The van der Waals surface area contributed by atoms with Crippen LogP contribution in [0.1, 0.15) is 0 Å². The van der Waals surface area contributed by atoms with Crippen LogP contribution in [0.3, 0.4) is 0 Å². The van der Waals surface area contributed by atoms with Crippen molar-refractivity contribution in [3.8, 4) is 0 Å². The maximum absolute atomic E-state index is 5.43. The molecule has 0 aliphatic heterocycles. The quantitative estimate of drug-likeness (QED) is 0.598. The van der Waals surface area contributed by atoms with Crippen molar-refractivity contribution >= 4 is 36.0 Å². The number of hydrogen-bond acceptors (Lipinski definition) is 3. The van der Waals surface area contributed by atoms with Crippen LogP contribution in [0, 0.1) is 9.54 Å². The second-order valence-corrected chi connectivity index (χ2v) is 2.44. The highest BCUT2D eigenvalue weighted by atomic mass is 35.5. The van der Waals surface area contributed by atoms with Gasteiger partial charge >= 0.3 is 0 Å². The third-order valence-electron chi connectivity index (χ3n) is 0.637. The predicted octanol–water partition coefficient (Wildman–Crippen LogP) is 1.85. The third kappa shape index (κ3) is 1.85. The van der Waals surface area contributed by atoms with Crippen molar-refractivity contribution in [1.29, 1.82) is 0 Å². The summed E-state index contributed by atoms with van der Waals surface area (Å²) < 4.78 is 0.684. The lowest BCUT2D eigenvalue weighted by Gasteiger charge is -1.86. The zero-order chi connectivity index (χ0) is 6.85. The van der Waals surface area contributed by atoms with Gasteiger partial charge in [-0.1, -0.05) is 0 Å². The van der Waals surface area contributed by atoms with Gasteiger partial charge in [-0.15, -0.1) is 0 Å². The van der Waals surface area contributed by atoms with Gasteiger partial charge in [0.2, 0.25) is 10.1 Å². The molecule has 1 aromatic rings. The lowest BCUT2D eigenvalue weighted by atomic mass is 11.1. The fourth-order valence-electron chi connectivity index (χ4n) is 0.367. The largest absolute Gasteiger partial charge is 0.308 e. The van der Waals surface area contributed by atoms with E-state index >= 15 is 0 Å². The number of hydrogen-bond donors (Lipinski definition) is 2. The van der Waals surface area contributed by atoms with Crippen molar-refractivity contribution < 1.29 is 0 Å². The highest BCUT2D eigenvalue weighted by Crippen LogP contribution is 1.94. The van der Waals surface area contributed by atoms with Gasteiger partial charge in [-0.05, 0) is 36.0 Å². The van der Waals surface area contributed by atoms with E-state index in [1.54, 1.807) is 0 Å². The van der Waals surface area contributed by atoms with E-state index in [1.165, 1.54) is 0 Å². The topological polar surface area (TPSA) is 44.5 Å². The van der Waals surface area contributed by atoms with E-state index in [1.807, 2.05) is 0 Å². The monoisotopic (exact) mass is 179 g/mol. The first-order valence-corrected chi connectivity index (χ1v) is 3.24. The van der Waals surface area contributed by atoms with Gasteiger partial charge in [0.1, 0.15) is 0 Å². The molecule has 1 heterocycles. The molecule has 0 aliphatic carbocycles. The molecule has 9 heavy (non-hydrogen) atoms. The molecule has 0 amide bonds. The zero-order valence-corrected chi connectivity index (χ0v) is 6.53. The van der Waals surface area contributed by atoms with E-state index in [2.05, 4.69) is 39.4 Å². The van der Waals surface area contributed by atoms with Crippen molar-refractivity contribution in [2.75, 3.05) is 0 Å². The van der Waals surface area contributed by atoms with Crippen molar-refractivity contribution in [2.45, 2.75) is 0 Å². The van der Waals surface area contributed by atoms with E-state index in [9.17, 15) is 0 Å². The van der Waals surface area contributed by atoms with Gasteiger partial charge in [0.25, 0.3) is 0 Å². The Morgan fingerprint density at radius 1 is 1.33 bits per heavy atom. The number of rotatable bonds is 0. The molecule has 0 saturated carbocycles. The van der Waals surface area contributed by atoms with Crippen LogP contribution in [0.25, 0.3) is 0 Å². The van der Waals surface area contributed by atoms with Gasteiger partial charge in [-0.25, -0.2) is 0 Å². The van der Waals surface area contributed by atoms with Crippen molar-refractivity contribution in [2.24, 2.45) is 0 Å². The van der Waals surface area contributed by atoms with Gasteiger partial charge < -0.3 is 9.97 Å². The first-order chi connectivity index (χ1) is 4.18. The second kappa shape index (κ2) is 2.55. The Labute approximate surface area is 66.1 Å². The molecule has 2 N–H and O–H groups in total. The summed E-state index contributed by atoms with van der Waals surface area (Å²) in [5, 5.41) is 0.212. The maximum Gasteiger partial charge on any atom is 0.204 e. The minimum absolute atomic E-state index is 0.212. The van der Waals surface area contributed by atoms with Crippen LogP contribution >= 0.6 is 36.0 Å². The highest BCUT2D eigenvalue weighted by molar-refractivity contribution is 7.71. The predicted molar refractivity (Wildman–Crippen MR) is 39.6 cm³/mol. The maximum atomic E-state index is 5.43. The number of aromatic amines is 2. The molecule has 1 aromatic heterocycles. The van der Waals surface area contributed by atoms with Crippen LogP contribution in [-0.4, -0.2) is 15.0 Å². The van der Waals surface area contributed by atoms with Gasteiger partial charge in [0, 0.05) is 0 Å². The van der Waals surface area contributed by atoms with Crippen LogP contribution in [0.4, 0.5) is 0 Å². The smallest absolute Gasteiger partial charge is 0.204 e. The van der Waals surface area contributed by atoms with E-state index in [0.29, 0.717) is 9.54 Å².